The normalized spacial score (nSPS) is 20.5. The number of aromatic nitrogens is 1. The van der Waals surface area contributed by atoms with Gasteiger partial charge in [0.05, 0.1) is 11.3 Å². The van der Waals surface area contributed by atoms with Gasteiger partial charge in [0.1, 0.15) is 28.7 Å². The molecule has 2 aromatic carbocycles. The number of nitrogens with one attached hydrogen (secondary N) is 1. The van der Waals surface area contributed by atoms with Crippen LogP contribution in [0.4, 0.5) is 34.1 Å². The molecule has 5 rings (SSSR count). The molecule has 0 bridgehead atoms. The van der Waals surface area contributed by atoms with Gasteiger partial charge in [-0.05, 0) is 177 Å². The SMILES string of the molecule is CCN(c1cc(F)cc(C(=O)NCc2c(C)c(F)c(C)n(C)c2=O)c1C)C1C[C@@H](C)N(C(=O)OC(C)(C)C)[C@H](C)C1.CCN(c1cc(F)cc(C(=O)O)c1C)C1C[C@@H](C)N(C(=O)OC(C)(C)C)[C@H](C)C1. The molecule has 14 nitrogen and oxygen atoms in total. The number of carbonyl (C=O) groups excluding carboxylic acids is 3. The Labute approximate surface area is 412 Å². The average molecular weight is 983 g/mol. The Morgan fingerprint density at radius 1 is 0.671 bits per heavy atom. The summed E-state index contributed by atoms with van der Waals surface area (Å²) in [6, 6.07) is 4.81. The van der Waals surface area contributed by atoms with Crippen molar-refractivity contribution in [3.63, 3.8) is 0 Å². The second kappa shape index (κ2) is 22.6. The molecule has 2 fully saturated rings. The number of nitrogens with zero attached hydrogens (tertiary/aromatic N) is 5. The molecule has 3 aromatic rings. The molecule has 2 aliphatic rings. The van der Waals surface area contributed by atoms with Crippen LogP contribution in [0.2, 0.25) is 0 Å². The van der Waals surface area contributed by atoms with E-state index in [2.05, 4.69) is 15.1 Å². The maximum Gasteiger partial charge on any atom is 0.410 e. The summed E-state index contributed by atoms with van der Waals surface area (Å²) in [5, 5.41) is 12.1. The molecule has 0 radical (unpaired) electrons. The van der Waals surface area contributed by atoms with Gasteiger partial charge in [0, 0.05) is 85.4 Å². The molecule has 0 aliphatic carbocycles. The maximum atomic E-state index is 15.0. The highest BCUT2D eigenvalue weighted by atomic mass is 19.1. The summed E-state index contributed by atoms with van der Waals surface area (Å²) in [5.41, 5.74) is 1.46. The lowest BCUT2D eigenvalue weighted by Crippen LogP contribution is -2.56. The summed E-state index contributed by atoms with van der Waals surface area (Å²) in [6.45, 7) is 30.4. The van der Waals surface area contributed by atoms with E-state index in [0.717, 1.165) is 6.07 Å². The Kier molecular flexibility index (Phi) is 18.3. The van der Waals surface area contributed by atoms with E-state index in [-0.39, 0.29) is 82.9 Å². The second-order valence-corrected chi connectivity index (χ2v) is 21.0. The van der Waals surface area contributed by atoms with Gasteiger partial charge < -0.3 is 44.1 Å². The van der Waals surface area contributed by atoms with Crippen LogP contribution in [0.1, 0.15) is 157 Å². The number of carbonyl (C=O) groups is 4. The van der Waals surface area contributed by atoms with E-state index in [9.17, 15) is 42.3 Å². The first kappa shape index (κ1) is 56.8. The monoisotopic (exact) mass is 983 g/mol. The molecule has 17 heteroatoms. The molecule has 2 N–H and O–H groups in total. The third kappa shape index (κ3) is 13.2. The quantitative estimate of drug-likeness (QED) is 0.201. The summed E-state index contributed by atoms with van der Waals surface area (Å²) in [5.74, 6) is -3.31. The van der Waals surface area contributed by atoms with Crippen LogP contribution in [0.5, 0.6) is 0 Å². The van der Waals surface area contributed by atoms with Crippen molar-refractivity contribution in [3.05, 3.63) is 91.1 Å². The van der Waals surface area contributed by atoms with Gasteiger partial charge in [-0.15, -0.1) is 0 Å². The minimum Gasteiger partial charge on any atom is -0.478 e. The number of piperidine rings is 2. The van der Waals surface area contributed by atoms with E-state index in [1.54, 1.807) is 23.6 Å². The van der Waals surface area contributed by atoms with Crippen molar-refractivity contribution >= 4 is 35.4 Å². The molecular weight excluding hydrogens is 906 g/mol. The number of halogens is 3. The van der Waals surface area contributed by atoms with Crippen molar-refractivity contribution in [2.45, 2.75) is 190 Å². The van der Waals surface area contributed by atoms with Gasteiger partial charge in [-0.25, -0.2) is 27.6 Å². The van der Waals surface area contributed by atoms with Crippen LogP contribution in [0.15, 0.2) is 29.1 Å². The predicted octanol–water partition coefficient (Wildman–Crippen LogP) is 10.4. The zero-order chi connectivity index (χ0) is 53.1. The lowest BCUT2D eigenvalue weighted by molar-refractivity contribution is -0.00367. The fourth-order valence-electron chi connectivity index (χ4n) is 10.1. The van der Waals surface area contributed by atoms with Crippen molar-refractivity contribution in [3.8, 4) is 0 Å². The minimum absolute atomic E-state index is 0.00121. The van der Waals surface area contributed by atoms with E-state index in [1.165, 1.54) is 43.7 Å². The summed E-state index contributed by atoms with van der Waals surface area (Å²) >= 11 is 0. The van der Waals surface area contributed by atoms with E-state index in [4.69, 9.17) is 9.47 Å². The molecule has 0 unspecified atom stereocenters. The number of carboxylic acid groups (broad SMARTS) is 1. The second-order valence-electron chi connectivity index (χ2n) is 21.0. The molecule has 388 valence electrons. The zero-order valence-electron chi connectivity index (χ0n) is 44.4. The van der Waals surface area contributed by atoms with Crippen molar-refractivity contribution in [1.29, 1.82) is 0 Å². The highest BCUT2D eigenvalue weighted by Gasteiger charge is 2.40. The van der Waals surface area contributed by atoms with E-state index in [0.29, 0.717) is 61.3 Å². The number of aromatic carboxylic acids is 1. The number of anilines is 2. The third-order valence-corrected chi connectivity index (χ3v) is 13.5. The van der Waals surface area contributed by atoms with Gasteiger partial charge in [-0.2, -0.15) is 0 Å². The van der Waals surface area contributed by atoms with Crippen LogP contribution < -0.4 is 20.7 Å². The van der Waals surface area contributed by atoms with Crippen LogP contribution in [0, 0.1) is 45.1 Å². The number of carboxylic acids is 1. The minimum atomic E-state index is -1.14. The lowest BCUT2D eigenvalue weighted by atomic mass is 9.90. The highest BCUT2D eigenvalue weighted by Crippen LogP contribution is 2.36. The predicted molar refractivity (Wildman–Crippen MR) is 268 cm³/mol. The van der Waals surface area contributed by atoms with Crippen molar-refractivity contribution < 1.29 is 46.9 Å². The Hall–Kier alpha value is -5.74. The van der Waals surface area contributed by atoms with Gasteiger partial charge >= 0.3 is 18.2 Å². The standard InChI is InChI=1S/C31H44F2N4O4.C22H33FN2O4/c1-11-36(23-12-17(2)37(18(3)13-23)30(40)41-31(7,8)9)26-15-22(32)14-24(19(26)4)28(38)34-16-25-20(5)27(33)21(6)35(10)29(25)39;1-8-24(19-12-16(23)11-18(15(19)4)20(26)27)17-9-13(2)25(14(3)10-17)21(28)29-22(5,6)7/h14-15,17-18,23H,11-13,16H2,1-10H3,(H,34,38);11-14,17H,8-10H2,1-7H3,(H,26,27)/t17-,18-;13-,14-/m11/s1. The maximum absolute atomic E-state index is 15.0. The van der Waals surface area contributed by atoms with Crippen molar-refractivity contribution in [1.82, 2.24) is 19.7 Å². The summed E-state index contributed by atoms with van der Waals surface area (Å²) in [6.07, 6.45) is 2.01. The number of amides is 3. The number of hydrogen-bond acceptors (Lipinski definition) is 9. The average Bonchev–Trinajstić information content (AvgIpc) is 3.23. The van der Waals surface area contributed by atoms with Crippen molar-refractivity contribution in [2.24, 2.45) is 7.05 Å². The molecule has 2 saturated heterocycles. The fraction of sp³-hybridized carbons (Fsp3) is 0.604. The van der Waals surface area contributed by atoms with Crippen LogP contribution in [0.3, 0.4) is 0 Å². The number of likely N-dealkylation sites (tertiary alicyclic amines) is 2. The zero-order valence-corrected chi connectivity index (χ0v) is 44.4. The Morgan fingerprint density at radius 2 is 1.04 bits per heavy atom. The van der Waals surface area contributed by atoms with E-state index >= 15 is 0 Å². The van der Waals surface area contributed by atoms with Crippen LogP contribution in [0.25, 0.3) is 0 Å². The van der Waals surface area contributed by atoms with Gasteiger partial charge in [0.2, 0.25) is 0 Å². The summed E-state index contributed by atoms with van der Waals surface area (Å²) < 4.78 is 56.1. The number of benzene rings is 2. The Balaban J connectivity index is 0.000000323. The molecular formula is C53H77F3N6O8. The topological polar surface area (TPSA) is 154 Å². The van der Waals surface area contributed by atoms with E-state index in [1.807, 2.05) is 83.1 Å². The van der Waals surface area contributed by atoms with Gasteiger partial charge in [0.25, 0.3) is 11.5 Å². The number of rotatable bonds is 10. The van der Waals surface area contributed by atoms with E-state index < -0.39 is 46.1 Å². The highest BCUT2D eigenvalue weighted by molar-refractivity contribution is 5.97. The number of pyridine rings is 1. The molecule has 4 atom stereocenters. The van der Waals surface area contributed by atoms with Gasteiger partial charge in [-0.1, -0.05) is 0 Å². The van der Waals surface area contributed by atoms with Crippen LogP contribution >= 0.6 is 0 Å². The fourth-order valence-corrected chi connectivity index (χ4v) is 10.1. The number of hydrogen-bond donors (Lipinski definition) is 2. The van der Waals surface area contributed by atoms with Gasteiger partial charge in [-0.3, -0.25) is 9.59 Å². The summed E-state index contributed by atoms with van der Waals surface area (Å²) in [7, 11) is 1.48. The summed E-state index contributed by atoms with van der Waals surface area (Å²) in [4.78, 5) is 70.7. The molecule has 3 heterocycles. The third-order valence-electron chi connectivity index (χ3n) is 13.5. The van der Waals surface area contributed by atoms with Crippen LogP contribution in [-0.2, 0) is 23.1 Å². The smallest absolute Gasteiger partial charge is 0.410 e. The molecule has 2 aliphatic heterocycles. The molecule has 3 amide bonds. The Bertz CT molecular complexity index is 2460. The molecule has 70 heavy (non-hydrogen) atoms. The van der Waals surface area contributed by atoms with Gasteiger partial charge in [0.15, 0.2) is 0 Å². The first-order chi connectivity index (χ1) is 32.3. The first-order valence-corrected chi connectivity index (χ1v) is 24.4. The Morgan fingerprint density at radius 3 is 1.40 bits per heavy atom. The molecule has 1 aromatic heterocycles. The molecule has 0 saturated carbocycles. The van der Waals surface area contributed by atoms with Crippen LogP contribution in [-0.4, -0.2) is 104 Å². The lowest BCUT2D eigenvalue weighted by Gasteiger charge is -2.47. The largest absolute Gasteiger partial charge is 0.478 e. The number of ether oxygens (including phenoxy) is 2. The van der Waals surface area contributed by atoms with Crippen molar-refractivity contribution in [2.75, 3.05) is 22.9 Å². The first-order valence-electron chi connectivity index (χ1n) is 24.4. The molecule has 0 spiro atoms.